The second kappa shape index (κ2) is 8.10. The molecule has 3 heterocycles. The first kappa shape index (κ1) is 21.3. The molecule has 0 saturated carbocycles. The number of piperazine rings is 1. The maximum Gasteiger partial charge on any atom is 0.243 e. The molecule has 0 amide bonds. The first-order valence-electron chi connectivity index (χ1n) is 10.6. The first-order valence-corrected chi connectivity index (χ1v) is 13.7. The summed E-state index contributed by atoms with van der Waals surface area (Å²) < 4.78 is 28.6. The first-order chi connectivity index (χ1) is 14.8. The number of aryl methyl sites for hydroxylation is 2. The van der Waals surface area contributed by atoms with Gasteiger partial charge in [0.05, 0.1) is 10.3 Å². The fraction of sp³-hybridized carbons (Fsp3) is 0.455. The number of sulfonamides is 1. The second-order valence-corrected chi connectivity index (χ2v) is 12.4. The van der Waals surface area contributed by atoms with Gasteiger partial charge in [-0.05, 0) is 61.9 Å². The summed E-state index contributed by atoms with van der Waals surface area (Å²) in [5.41, 5.74) is 1.41. The number of fused-ring (bicyclic) bond motifs is 3. The highest BCUT2D eigenvalue weighted by Gasteiger charge is 2.31. The monoisotopic (exact) mass is 520 g/mol. The Bertz CT molecular complexity index is 1230. The molecule has 1 aliphatic carbocycles. The molecule has 3 aromatic rings. The quantitative estimate of drug-likeness (QED) is 0.512. The summed E-state index contributed by atoms with van der Waals surface area (Å²) in [6.07, 6.45) is 3.40. The number of rotatable bonds is 3. The van der Waals surface area contributed by atoms with Crippen LogP contribution in [0.3, 0.4) is 0 Å². The average Bonchev–Trinajstić information content (AvgIpc) is 3.10. The summed E-state index contributed by atoms with van der Waals surface area (Å²) in [4.78, 5) is 14.7. The van der Waals surface area contributed by atoms with Crippen molar-refractivity contribution in [2.24, 2.45) is 5.92 Å². The van der Waals surface area contributed by atoms with E-state index in [4.69, 9.17) is 9.97 Å². The lowest BCUT2D eigenvalue weighted by Crippen LogP contribution is -2.49. The minimum Gasteiger partial charge on any atom is -0.353 e. The lowest BCUT2D eigenvalue weighted by molar-refractivity contribution is 0.384. The molecule has 6 nitrogen and oxygen atoms in total. The van der Waals surface area contributed by atoms with Crippen LogP contribution in [0.25, 0.3) is 10.2 Å². The van der Waals surface area contributed by atoms with Gasteiger partial charge in [0.25, 0.3) is 0 Å². The average molecular weight is 522 g/mol. The maximum absolute atomic E-state index is 13.1. The van der Waals surface area contributed by atoms with E-state index < -0.39 is 10.0 Å². The van der Waals surface area contributed by atoms with Gasteiger partial charge in [-0.15, -0.1) is 11.3 Å². The molecule has 0 radical (unpaired) electrons. The van der Waals surface area contributed by atoms with Crippen LogP contribution in [0.5, 0.6) is 0 Å². The van der Waals surface area contributed by atoms with Gasteiger partial charge in [-0.25, -0.2) is 18.4 Å². The molecule has 0 unspecified atom stereocenters. The van der Waals surface area contributed by atoms with Gasteiger partial charge in [0.15, 0.2) is 0 Å². The van der Waals surface area contributed by atoms with Crippen molar-refractivity contribution in [1.29, 1.82) is 0 Å². The molecule has 2 aliphatic rings. The predicted octanol–water partition coefficient (Wildman–Crippen LogP) is 4.40. The summed E-state index contributed by atoms with van der Waals surface area (Å²) in [7, 11) is -3.49. The Kier molecular flexibility index (Phi) is 5.57. The molecule has 1 aliphatic heterocycles. The minimum atomic E-state index is -3.49. The maximum atomic E-state index is 13.1. The number of hydrogen-bond donors (Lipinski definition) is 0. The fourth-order valence-electron chi connectivity index (χ4n) is 4.55. The van der Waals surface area contributed by atoms with Gasteiger partial charge >= 0.3 is 0 Å². The molecule has 1 atom stereocenters. The summed E-state index contributed by atoms with van der Waals surface area (Å²) in [5.74, 6) is 2.47. The van der Waals surface area contributed by atoms with Crippen molar-refractivity contribution in [3.63, 3.8) is 0 Å². The Hall–Kier alpha value is -1.55. The SMILES string of the molecule is Cc1nc(N2CCN(S(=O)(=O)c3ccc(Br)cc3)CC2)c2c3c(sc2n1)C[C@H](C)CC3. The summed E-state index contributed by atoms with van der Waals surface area (Å²) in [6.45, 7) is 6.41. The third-order valence-corrected chi connectivity index (χ3v) is 9.83. The molecule has 31 heavy (non-hydrogen) atoms. The van der Waals surface area contributed by atoms with E-state index in [0.29, 0.717) is 37.0 Å². The van der Waals surface area contributed by atoms with Crippen molar-refractivity contribution in [2.45, 2.75) is 38.0 Å². The van der Waals surface area contributed by atoms with Gasteiger partial charge in [-0.1, -0.05) is 22.9 Å². The molecule has 0 N–H and O–H groups in total. The lowest BCUT2D eigenvalue weighted by Gasteiger charge is -2.35. The van der Waals surface area contributed by atoms with E-state index in [9.17, 15) is 8.42 Å². The fourth-order valence-corrected chi connectivity index (χ4v) is 7.66. The van der Waals surface area contributed by atoms with Crippen LogP contribution in [0.4, 0.5) is 5.82 Å². The number of thiophene rings is 1. The number of nitrogens with zero attached hydrogens (tertiary/aromatic N) is 4. The molecule has 1 saturated heterocycles. The molecular formula is C22H25BrN4O2S2. The summed E-state index contributed by atoms with van der Waals surface area (Å²) >= 11 is 5.18. The third kappa shape index (κ3) is 3.90. The van der Waals surface area contributed by atoms with Crippen molar-refractivity contribution in [3.8, 4) is 0 Å². The van der Waals surface area contributed by atoms with Crippen molar-refractivity contribution >= 4 is 53.3 Å². The third-order valence-electron chi connectivity index (χ3n) is 6.24. The number of aromatic nitrogens is 2. The summed E-state index contributed by atoms with van der Waals surface area (Å²) in [6, 6.07) is 6.84. The molecule has 1 fully saturated rings. The van der Waals surface area contributed by atoms with Crippen LogP contribution in [-0.2, 0) is 22.9 Å². The Labute approximate surface area is 195 Å². The van der Waals surface area contributed by atoms with Gasteiger partial charge in [0.1, 0.15) is 16.5 Å². The molecule has 5 rings (SSSR count). The van der Waals surface area contributed by atoms with Crippen LogP contribution in [0, 0.1) is 12.8 Å². The van der Waals surface area contributed by atoms with Crippen molar-refractivity contribution in [1.82, 2.24) is 14.3 Å². The highest BCUT2D eigenvalue weighted by Crippen LogP contribution is 2.41. The van der Waals surface area contributed by atoms with Crippen LogP contribution >= 0.6 is 27.3 Å². The van der Waals surface area contributed by atoms with E-state index in [1.165, 1.54) is 22.2 Å². The Morgan fingerprint density at radius 3 is 2.52 bits per heavy atom. The van der Waals surface area contributed by atoms with Crippen LogP contribution in [0.15, 0.2) is 33.6 Å². The van der Waals surface area contributed by atoms with Crippen molar-refractivity contribution in [3.05, 3.63) is 45.0 Å². The van der Waals surface area contributed by atoms with Crippen LogP contribution in [-0.4, -0.2) is 48.9 Å². The van der Waals surface area contributed by atoms with Crippen molar-refractivity contribution in [2.75, 3.05) is 31.1 Å². The van der Waals surface area contributed by atoms with Gasteiger partial charge in [0, 0.05) is 35.5 Å². The zero-order valence-electron chi connectivity index (χ0n) is 17.6. The van der Waals surface area contributed by atoms with Crippen LogP contribution in [0.1, 0.15) is 29.6 Å². The second-order valence-electron chi connectivity index (χ2n) is 8.47. The van der Waals surface area contributed by atoms with E-state index >= 15 is 0 Å². The van der Waals surface area contributed by atoms with Crippen LogP contribution in [0.2, 0.25) is 0 Å². The summed E-state index contributed by atoms with van der Waals surface area (Å²) in [5, 5.41) is 1.20. The van der Waals surface area contributed by atoms with Crippen LogP contribution < -0.4 is 4.90 Å². The van der Waals surface area contributed by atoms with Gasteiger partial charge < -0.3 is 4.90 Å². The van der Waals surface area contributed by atoms with E-state index in [-0.39, 0.29) is 0 Å². The van der Waals surface area contributed by atoms with Gasteiger partial charge in [0.2, 0.25) is 10.0 Å². The Morgan fingerprint density at radius 2 is 1.81 bits per heavy atom. The molecule has 1 aromatic carbocycles. The van der Waals surface area contributed by atoms with E-state index in [1.54, 1.807) is 28.6 Å². The molecule has 0 bridgehead atoms. The normalized spacial score (nSPS) is 20.2. The number of hydrogen-bond acceptors (Lipinski definition) is 6. The van der Waals surface area contributed by atoms with Gasteiger partial charge in [-0.3, -0.25) is 0 Å². The number of anilines is 1. The highest BCUT2D eigenvalue weighted by molar-refractivity contribution is 9.10. The number of benzene rings is 1. The van der Waals surface area contributed by atoms with E-state index in [2.05, 4.69) is 27.8 Å². The van der Waals surface area contributed by atoms with Gasteiger partial charge in [-0.2, -0.15) is 4.31 Å². The highest BCUT2D eigenvalue weighted by atomic mass is 79.9. The molecule has 164 valence electrons. The zero-order chi connectivity index (χ0) is 21.8. The largest absolute Gasteiger partial charge is 0.353 e. The minimum absolute atomic E-state index is 0.338. The topological polar surface area (TPSA) is 66.4 Å². The van der Waals surface area contributed by atoms with E-state index in [1.807, 2.05) is 18.3 Å². The van der Waals surface area contributed by atoms with E-state index in [0.717, 1.165) is 33.8 Å². The van der Waals surface area contributed by atoms with Crippen molar-refractivity contribution < 1.29 is 8.42 Å². The smallest absolute Gasteiger partial charge is 0.243 e. The lowest BCUT2D eigenvalue weighted by atomic mass is 9.89. The zero-order valence-corrected chi connectivity index (χ0v) is 20.9. The molecule has 0 spiro atoms. The predicted molar refractivity (Wildman–Crippen MR) is 128 cm³/mol. The standard InChI is InChI=1S/C22H25BrN4O2S2/c1-14-3-8-18-19(13-14)30-22-20(18)21(24-15(2)25-22)26-9-11-27(12-10-26)31(28,29)17-6-4-16(23)5-7-17/h4-7,14H,3,8-13H2,1-2H3/t14-/m1/s1. The Balaban J connectivity index is 1.42. The Morgan fingerprint density at radius 1 is 1.10 bits per heavy atom. The molecule has 2 aromatic heterocycles. The molecule has 9 heteroatoms. The molecular weight excluding hydrogens is 496 g/mol. The number of halogens is 1.